The summed E-state index contributed by atoms with van der Waals surface area (Å²) in [6, 6.07) is 6.48. The summed E-state index contributed by atoms with van der Waals surface area (Å²) in [5, 5.41) is 10.7. The normalized spacial score (nSPS) is 12.7. The van der Waals surface area contributed by atoms with E-state index in [1.807, 2.05) is 0 Å². The third-order valence-corrected chi connectivity index (χ3v) is 3.64. The first-order valence-electron chi connectivity index (χ1n) is 5.40. The van der Waals surface area contributed by atoms with Crippen molar-refractivity contribution in [3.8, 4) is 0 Å². The number of carbonyl (C=O) groups is 2. The molecule has 1 rings (SSSR count). The zero-order chi connectivity index (χ0) is 14.5. The summed E-state index contributed by atoms with van der Waals surface area (Å²) >= 11 is 0. The molecule has 0 saturated carbocycles. The Hall–Kier alpha value is -1.93. The first-order valence-corrected chi connectivity index (χ1v) is 6.88. The molecule has 1 unspecified atom stereocenters. The predicted molar refractivity (Wildman–Crippen MR) is 66.9 cm³/mol. The van der Waals surface area contributed by atoms with E-state index in [4.69, 9.17) is 5.11 Å². The van der Waals surface area contributed by atoms with Crippen LogP contribution in [-0.4, -0.2) is 38.0 Å². The molecule has 104 valence electrons. The summed E-state index contributed by atoms with van der Waals surface area (Å²) in [4.78, 5) is 21.9. The van der Waals surface area contributed by atoms with E-state index in [0.29, 0.717) is 0 Å². The average molecular weight is 286 g/mol. The minimum absolute atomic E-state index is 0.0362. The van der Waals surface area contributed by atoms with Gasteiger partial charge in [-0.2, -0.15) is 0 Å². The first-order chi connectivity index (χ1) is 8.83. The Morgan fingerprint density at radius 3 is 2.37 bits per heavy atom. The van der Waals surface area contributed by atoms with Gasteiger partial charge in [0, 0.05) is 0 Å². The van der Waals surface area contributed by atoms with Gasteiger partial charge < -0.3 is 10.4 Å². The molecule has 3 N–H and O–H groups in total. The van der Waals surface area contributed by atoms with Gasteiger partial charge in [-0.3, -0.25) is 9.59 Å². The zero-order valence-electron chi connectivity index (χ0n) is 10.2. The number of hydrogen-bond acceptors (Lipinski definition) is 4. The molecule has 0 aliphatic heterocycles. The van der Waals surface area contributed by atoms with Crippen LogP contribution in [0.5, 0.6) is 0 Å². The Balaban J connectivity index is 2.57. The van der Waals surface area contributed by atoms with E-state index in [0.717, 1.165) is 0 Å². The van der Waals surface area contributed by atoms with Crippen molar-refractivity contribution < 1.29 is 23.1 Å². The van der Waals surface area contributed by atoms with Crippen molar-refractivity contribution in [1.29, 1.82) is 0 Å². The highest BCUT2D eigenvalue weighted by Gasteiger charge is 2.17. The van der Waals surface area contributed by atoms with Gasteiger partial charge in [-0.15, -0.1) is 0 Å². The van der Waals surface area contributed by atoms with Gasteiger partial charge in [0.2, 0.25) is 15.9 Å². The Kier molecular flexibility index (Phi) is 5.02. The van der Waals surface area contributed by atoms with Crippen LogP contribution in [0, 0.1) is 0 Å². The van der Waals surface area contributed by atoms with Crippen molar-refractivity contribution in [3.63, 3.8) is 0 Å². The smallest absolute Gasteiger partial charge is 0.325 e. The number of amides is 1. The zero-order valence-corrected chi connectivity index (χ0v) is 11.0. The number of sulfonamides is 1. The molecule has 1 aromatic rings. The van der Waals surface area contributed by atoms with E-state index < -0.39 is 34.5 Å². The molecule has 1 atom stereocenters. The predicted octanol–water partition coefficient (Wildman–Crippen LogP) is -0.446. The maximum absolute atomic E-state index is 11.7. The van der Waals surface area contributed by atoms with Gasteiger partial charge in [0.1, 0.15) is 6.04 Å². The van der Waals surface area contributed by atoms with E-state index in [1.165, 1.54) is 19.1 Å². The number of carboxylic acids is 1. The van der Waals surface area contributed by atoms with Crippen molar-refractivity contribution in [2.24, 2.45) is 0 Å². The van der Waals surface area contributed by atoms with Crippen LogP contribution in [0.15, 0.2) is 35.2 Å². The summed E-state index contributed by atoms with van der Waals surface area (Å²) in [7, 11) is -3.77. The quantitative estimate of drug-likeness (QED) is 0.656. The highest BCUT2D eigenvalue weighted by Crippen LogP contribution is 2.06. The molecule has 1 amide bonds. The van der Waals surface area contributed by atoms with Crippen molar-refractivity contribution in [2.45, 2.75) is 17.9 Å². The number of hydrogen-bond donors (Lipinski definition) is 3. The molecule has 1 aromatic carbocycles. The molecule has 0 spiro atoms. The summed E-state index contributed by atoms with van der Waals surface area (Å²) in [6.45, 7) is 0.765. The second-order valence-corrected chi connectivity index (χ2v) is 5.53. The van der Waals surface area contributed by atoms with E-state index in [-0.39, 0.29) is 4.90 Å². The molecule has 0 saturated heterocycles. The molecule has 0 fully saturated rings. The van der Waals surface area contributed by atoms with Gasteiger partial charge in [0.25, 0.3) is 0 Å². The lowest BCUT2D eigenvalue weighted by Crippen LogP contribution is -2.43. The number of rotatable bonds is 6. The number of nitrogens with one attached hydrogen (secondary N) is 2. The molecule has 0 aromatic heterocycles. The lowest BCUT2D eigenvalue weighted by atomic mass is 10.3. The molecule has 7 nitrogen and oxygen atoms in total. The number of benzene rings is 1. The Morgan fingerprint density at radius 1 is 1.26 bits per heavy atom. The van der Waals surface area contributed by atoms with Gasteiger partial charge in [-0.25, -0.2) is 13.1 Å². The van der Waals surface area contributed by atoms with Gasteiger partial charge in [0.05, 0.1) is 11.4 Å². The molecule has 0 heterocycles. The second-order valence-electron chi connectivity index (χ2n) is 3.77. The van der Waals surface area contributed by atoms with Crippen LogP contribution in [0.2, 0.25) is 0 Å². The van der Waals surface area contributed by atoms with Gasteiger partial charge in [-0.1, -0.05) is 18.2 Å². The van der Waals surface area contributed by atoms with E-state index in [1.54, 1.807) is 18.2 Å². The van der Waals surface area contributed by atoms with Gasteiger partial charge in [-0.05, 0) is 19.1 Å². The van der Waals surface area contributed by atoms with Crippen LogP contribution in [-0.2, 0) is 19.6 Å². The fourth-order valence-electron chi connectivity index (χ4n) is 1.20. The Morgan fingerprint density at radius 2 is 1.84 bits per heavy atom. The van der Waals surface area contributed by atoms with Crippen molar-refractivity contribution in [1.82, 2.24) is 10.0 Å². The van der Waals surface area contributed by atoms with Crippen LogP contribution in [0.25, 0.3) is 0 Å². The molecular weight excluding hydrogens is 272 g/mol. The summed E-state index contributed by atoms with van der Waals surface area (Å²) in [6.07, 6.45) is 0. The van der Waals surface area contributed by atoms with E-state index in [2.05, 4.69) is 10.0 Å². The lowest BCUT2D eigenvalue weighted by Gasteiger charge is -2.10. The highest BCUT2D eigenvalue weighted by atomic mass is 32.2. The number of aliphatic carboxylic acids is 1. The SMILES string of the molecule is CC(NC(=O)CNS(=O)(=O)c1ccccc1)C(=O)O. The van der Waals surface area contributed by atoms with E-state index >= 15 is 0 Å². The summed E-state index contributed by atoms with van der Waals surface area (Å²) in [5.74, 6) is -1.91. The maximum atomic E-state index is 11.7. The Labute approximate surface area is 110 Å². The van der Waals surface area contributed by atoms with Crippen LogP contribution >= 0.6 is 0 Å². The first kappa shape index (κ1) is 15.1. The van der Waals surface area contributed by atoms with Crippen molar-refractivity contribution >= 4 is 21.9 Å². The minimum Gasteiger partial charge on any atom is -0.480 e. The molecule has 19 heavy (non-hydrogen) atoms. The van der Waals surface area contributed by atoms with Gasteiger partial charge in [0.15, 0.2) is 0 Å². The summed E-state index contributed by atoms with van der Waals surface area (Å²) < 4.78 is 25.6. The fourth-order valence-corrected chi connectivity index (χ4v) is 2.20. The molecule has 0 bridgehead atoms. The molecular formula is C11H14N2O5S. The molecule has 0 radical (unpaired) electrons. The highest BCUT2D eigenvalue weighted by molar-refractivity contribution is 7.89. The molecule has 0 aliphatic carbocycles. The minimum atomic E-state index is -3.77. The van der Waals surface area contributed by atoms with E-state index in [9.17, 15) is 18.0 Å². The third kappa shape index (κ3) is 4.68. The van der Waals surface area contributed by atoms with Crippen LogP contribution in [0.4, 0.5) is 0 Å². The monoisotopic (exact) mass is 286 g/mol. The Bertz CT molecular complexity index is 556. The second kappa shape index (κ2) is 6.30. The number of carboxylic acid groups (broad SMARTS) is 1. The van der Waals surface area contributed by atoms with Crippen molar-refractivity contribution in [2.75, 3.05) is 6.54 Å². The fraction of sp³-hybridized carbons (Fsp3) is 0.273. The maximum Gasteiger partial charge on any atom is 0.325 e. The van der Waals surface area contributed by atoms with Crippen LogP contribution < -0.4 is 10.0 Å². The van der Waals surface area contributed by atoms with Crippen molar-refractivity contribution in [3.05, 3.63) is 30.3 Å². The molecule has 0 aliphatic rings. The molecule has 8 heteroatoms. The van der Waals surface area contributed by atoms with Crippen LogP contribution in [0.1, 0.15) is 6.92 Å². The lowest BCUT2D eigenvalue weighted by molar-refractivity contribution is -0.141. The van der Waals surface area contributed by atoms with Crippen LogP contribution in [0.3, 0.4) is 0 Å². The summed E-state index contributed by atoms with van der Waals surface area (Å²) in [5.41, 5.74) is 0. The topological polar surface area (TPSA) is 113 Å². The largest absolute Gasteiger partial charge is 0.480 e. The van der Waals surface area contributed by atoms with Gasteiger partial charge >= 0.3 is 5.97 Å². The third-order valence-electron chi connectivity index (χ3n) is 2.22. The average Bonchev–Trinajstić information content (AvgIpc) is 2.37. The standard InChI is InChI=1S/C11H14N2O5S/c1-8(11(15)16)13-10(14)7-12-19(17,18)9-5-3-2-4-6-9/h2-6,8,12H,7H2,1H3,(H,13,14)(H,15,16). The number of carbonyl (C=O) groups excluding carboxylic acids is 1.